The molecule has 0 aromatic carbocycles. The second-order valence-corrected chi connectivity index (χ2v) is 5.97. The average Bonchev–Trinajstić information content (AvgIpc) is 3.15. The normalized spacial score (nSPS) is 20.4. The molecule has 1 atom stereocenters. The van der Waals surface area contributed by atoms with Crippen molar-refractivity contribution in [3.63, 3.8) is 0 Å². The molecule has 2 aliphatic heterocycles. The summed E-state index contributed by atoms with van der Waals surface area (Å²) in [6.07, 6.45) is 2.09. The fraction of sp³-hybridized carbons (Fsp3) is 0.588. The summed E-state index contributed by atoms with van der Waals surface area (Å²) in [4.78, 5) is 31.8. The Bertz CT molecular complexity index is 593. The number of piperazine rings is 1. The minimum absolute atomic E-state index is 0.0324. The molecule has 2 aliphatic rings. The Morgan fingerprint density at radius 2 is 2.00 bits per heavy atom. The monoisotopic (exact) mass is 349 g/mol. The molecular formula is C17H23N3O5. The topological polar surface area (TPSA) is 81.2 Å². The number of pyridine rings is 1. The maximum absolute atomic E-state index is 12.5. The van der Waals surface area contributed by atoms with Crippen LogP contribution in [0.15, 0.2) is 18.3 Å². The van der Waals surface area contributed by atoms with E-state index in [1.165, 1.54) is 6.20 Å². The summed E-state index contributed by atoms with van der Waals surface area (Å²) in [7, 11) is 0. The molecule has 8 heteroatoms. The molecule has 1 unspecified atom stereocenters. The van der Waals surface area contributed by atoms with Gasteiger partial charge in [-0.25, -0.2) is 9.78 Å². The van der Waals surface area contributed by atoms with Crippen molar-refractivity contribution in [3.05, 3.63) is 23.9 Å². The average molecular weight is 349 g/mol. The van der Waals surface area contributed by atoms with Gasteiger partial charge in [-0.05, 0) is 13.0 Å². The highest BCUT2D eigenvalue weighted by Crippen LogP contribution is 2.16. The molecule has 0 aliphatic carbocycles. The van der Waals surface area contributed by atoms with Crippen molar-refractivity contribution in [1.29, 1.82) is 0 Å². The zero-order valence-electron chi connectivity index (χ0n) is 14.3. The smallest absolute Gasteiger partial charge is 0.409 e. The summed E-state index contributed by atoms with van der Waals surface area (Å²) in [6, 6.07) is 3.43. The largest absolute Gasteiger partial charge is 0.472 e. The lowest BCUT2D eigenvalue weighted by Gasteiger charge is -2.34. The van der Waals surface area contributed by atoms with Crippen molar-refractivity contribution >= 4 is 12.0 Å². The summed E-state index contributed by atoms with van der Waals surface area (Å²) in [6.45, 7) is 5.32. The molecule has 136 valence electrons. The number of hydrogen-bond donors (Lipinski definition) is 0. The molecule has 3 heterocycles. The van der Waals surface area contributed by atoms with Gasteiger partial charge in [-0.2, -0.15) is 0 Å². The zero-order chi connectivity index (χ0) is 17.6. The number of amides is 2. The van der Waals surface area contributed by atoms with Gasteiger partial charge in [-0.1, -0.05) is 0 Å². The van der Waals surface area contributed by atoms with E-state index in [2.05, 4.69) is 4.98 Å². The van der Waals surface area contributed by atoms with Gasteiger partial charge in [0.25, 0.3) is 5.91 Å². The predicted molar refractivity (Wildman–Crippen MR) is 88.6 cm³/mol. The van der Waals surface area contributed by atoms with Crippen LogP contribution in [0, 0.1) is 0 Å². The molecule has 1 aromatic rings. The van der Waals surface area contributed by atoms with Crippen molar-refractivity contribution < 1.29 is 23.8 Å². The van der Waals surface area contributed by atoms with Crippen LogP contribution in [0.2, 0.25) is 0 Å². The van der Waals surface area contributed by atoms with E-state index in [1.54, 1.807) is 28.9 Å². The SMILES string of the molecule is CCOC(=O)N1CCN(C(=O)c2ccc(OC3CCOC3)nc2)CC1. The second kappa shape index (κ2) is 8.15. The summed E-state index contributed by atoms with van der Waals surface area (Å²) in [5.74, 6) is 0.408. The molecule has 8 nitrogen and oxygen atoms in total. The van der Waals surface area contributed by atoms with Crippen molar-refractivity contribution in [1.82, 2.24) is 14.8 Å². The molecule has 2 saturated heterocycles. The van der Waals surface area contributed by atoms with E-state index in [-0.39, 0.29) is 18.1 Å². The van der Waals surface area contributed by atoms with E-state index in [4.69, 9.17) is 14.2 Å². The van der Waals surface area contributed by atoms with Crippen LogP contribution in [0.1, 0.15) is 23.7 Å². The van der Waals surface area contributed by atoms with Gasteiger partial charge in [0.2, 0.25) is 5.88 Å². The zero-order valence-corrected chi connectivity index (χ0v) is 14.3. The predicted octanol–water partition coefficient (Wildman–Crippen LogP) is 1.16. The van der Waals surface area contributed by atoms with Gasteiger partial charge in [0.1, 0.15) is 6.10 Å². The second-order valence-electron chi connectivity index (χ2n) is 5.97. The van der Waals surface area contributed by atoms with E-state index in [1.807, 2.05) is 0 Å². The Hall–Kier alpha value is -2.35. The summed E-state index contributed by atoms with van der Waals surface area (Å²) in [5.41, 5.74) is 0.514. The minimum atomic E-state index is -0.325. The van der Waals surface area contributed by atoms with Crippen molar-refractivity contribution in [3.8, 4) is 5.88 Å². The number of carbonyl (C=O) groups is 2. The van der Waals surface area contributed by atoms with Crippen molar-refractivity contribution in [2.75, 3.05) is 46.0 Å². The first-order valence-corrected chi connectivity index (χ1v) is 8.59. The van der Waals surface area contributed by atoms with Crippen LogP contribution >= 0.6 is 0 Å². The minimum Gasteiger partial charge on any atom is -0.472 e. The Balaban J connectivity index is 1.52. The third kappa shape index (κ3) is 4.39. The highest BCUT2D eigenvalue weighted by molar-refractivity contribution is 5.94. The van der Waals surface area contributed by atoms with Crippen molar-refractivity contribution in [2.45, 2.75) is 19.4 Å². The Morgan fingerprint density at radius 1 is 1.24 bits per heavy atom. The number of nitrogens with zero attached hydrogens (tertiary/aromatic N) is 3. The van der Waals surface area contributed by atoms with E-state index in [0.717, 1.165) is 6.42 Å². The van der Waals surface area contributed by atoms with Crippen molar-refractivity contribution in [2.24, 2.45) is 0 Å². The van der Waals surface area contributed by atoms with Crippen LogP contribution in [0.3, 0.4) is 0 Å². The van der Waals surface area contributed by atoms with Gasteiger partial charge in [0.15, 0.2) is 0 Å². The molecular weight excluding hydrogens is 326 g/mol. The molecule has 0 radical (unpaired) electrons. The number of aromatic nitrogens is 1. The van der Waals surface area contributed by atoms with E-state index in [9.17, 15) is 9.59 Å². The molecule has 1 aromatic heterocycles. The van der Waals surface area contributed by atoms with Crippen LogP contribution in [0.25, 0.3) is 0 Å². The lowest BCUT2D eigenvalue weighted by Crippen LogP contribution is -2.50. The molecule has 2 amide bonds. The van der Waals surface area contributed by atoms with E-state index in [0.29, 0.717) is 57.4 Å². The fourth-order valence-corrected chi connectivity index (χ4v) is 2.84. The molecule has 0 spiro atoms. The summed E-state index contributed by atoms with van der Waals surface area (Å²) < 4.78 is 15.9. The van der Waals surface area contributed by atoms with Gasteiger partial charge in [-0.3, -0.25) is 4.79 Å². The number of ether oxygens (including phenoxy) is 3. The van der Waals surface area contributed by atoms with Gasteiger partial charge in [0, 0.05) is 44.9 Å². The number of rotatable bonds is 4. The first-order valence-electron chi connectivity index (χ1n) is 8.59. The molecule has 25 heavy (non-hydrogen) atoms. The first-order chi connectivity index (χ1) is 12.2. The Labute approximate surface area is 146 Å². The highest BCUT2D eigenvalue weighted by Gasteiger charge is 2.26. The van der Waals surface area contributed by atoms with Crippen LogP contribution in [0.4, 0.5) is 4.79 Å². The maximum atomic E-state index is 12.5. The molecule has 0 saturated carbocycles. The standard InChI is InChI=1S/C17H23N3O5/c1-2-24-17(22)20-8-6-19(7-9-20)16(21)13-3-4-15(18-11-13)25-14-5-10-23-12-14/h3-4,11,14H,2,5-10,12H2,1H3. The highest BCUT2D eigenvalue weighted by atomic mass is 16.6. The van der Waals surface area contributed by atoms with Crippen LogP contribution < -0.4 is 4.74 Å². The molecule has 3 rings (SSSR count). The van der Waals surface area contributed by atoms with Crippen LogP contribution in [-0.2, 0) is 9.47 Å². The Morgan fingerprint density at radius 3 is 2.60 bits per heavy atom. The van der Waals surface area contributed by atoms with E-state index < -0.39 is 0 Å². The molecule has 0 bridgehead atoms. The van der Waals surface area contributed by atoms with Gasteiger partial charge in [0.05, 0.1) is 25.4 Å². The fourth-order valence-electron chi connectivity index (χ4n) is 2.84. The molecule has 2 fully saturated rings. The van der Waals surface area contributed by atoms with Gasteiger partial charge < -0.3 is 24.0 Å². The van der Waals surface area contributed by atoms with Crippen LogP contribution in [-0.4, -0.2) is 78.9 Å². The first kappa shape index (κ1) is 17.5. The van der Waals surface area contributed by atoms with Gasteiger partial charge in [-0.15, -0.1) is 0 Å². The summed E-state index contributed by atoms with van der Waals surface area (Å²) in [5, 5.41) is 0. The Kier molecular flexibility index (Phi) is 5.70. The third-order valence-corrected chi connectivity index (χ3v) is 4.25. The lowest BCUT2D eigenvalue weighted by atomic mass is 10.2. The number of hydrogen-bond acceptors (Lipinski definition) is 6. The van der Waals surface area contributed by atoms with E-state index >= 15 is 0 Å². The maximum Gasteiger partial charge on any atom is 0.409 e. The lowest BCUT2D eigenvalue weighted by molar-refractivity contribution is 0.0570. The summed E-state index contributed by atoms with van der Waals surface area (Å²) >= 11 is 0. The number of carbonyl (C=O) groups excluding carboxylic acids is 2. The van der Waals surface area contributed by atoms with Crippen LogP contribution in [0.5, 0.6) is 5.88 Å². The molecule has 0 N–H and O–H groups in total. The van der Waals surface area contributed by atoms with Gasteiger partial charge >= 0.3 is 6.09 Å². The third-order valence-electron chi connectivity index (χ3n) is 4.25. The quantitative estimate of drug-likeness (QED) is 0.811.